The lowest BCUT2D eigenvalue weighted by Crippen LogP contribution is -2.15. The molecule has 1 aromatic rings. The summed E-state index contributed by atoms with van der Waals surface area (Å²) in [7, 11) is 1.53. The van der Waals surface area contributed by atoms with Crippen LogP contribution in [0.4, 0.5) is 0 Å². The minimum atomic E-state index is 0.0369. The number of hydrogen-bond donors (Lipinski definition) is 0. The number of ether oxygens (including phenoxy) is 1. The summed E-state index contributed by atoms with van der Waals surface area (Å²) in [5, 5.41) is 0. The van der Waals surface area contributed by atoms with Crippen molar-refractivity contribution in [3.05, 3.63) is 27.1 Å². The van der Waals surface area contributed by atoms with Crippen LogP contribution in [0.15, 0.2) is 9.21 Å². The highest BCUT2D eigenvalue weighted by atomic mass is 32.2. The zero-order chi connectivity index (χ0) is 12.4. The van der Waals surface area contributed by atoms with Crippen LogP contribution in [-0.4, -0.2) is 18.6 Å². The topological polar surface area (TPSA) is 39.4 Å². The highest BCUT2D eigenvalue weighted by molar-refractivity contribution is 8.16. The van der Waals surface area contributed by atoms with Crippen molar-refractivity contribution in [1.82, 2.24) is 0 Å². The van der Waals surface area contributed by atoms with Crippen LogP contribution in [0.25, 0.3) is 0 Å². The smallest absolute Gasteiger partial charge is 0.291 e. The predicted octanol–water partition coefficient (Wildman–Crippen LogP) is 3.13. The zero-order valence-corrected chi connectivity index (χ0v) is 11.9. The quantitative estimate of drug-likeness (QED) is 0.827. The van der Waals surface area contributed by atoms with E-state index in [1.165, 1.54) is 13.5 Å². The number of rotatable bonds is 2. The fourth-order valence-corrected chi connectivity index (χ4v) is 4.75. The first kappa shape index (κ1) is 12.9. The molecule has 0 atom stereocenters. The fourth-order valence-electron chi connectivity index (χ4n) is 1.80. The molecular weight excluding hydrogens is 256 g/mol. The monoisotopic (exact) mass is 272 g/mol. The van der Waals surface area contributed by atoms with E-state index in [9.17, 15) is 4.79 Å². The summed E-state index contributed by atoms with van der Waals surface area (Å²) < 4.78 is 11.1. The van der Waals surface area contributed by atoms with E-state index < -0.39 is 0 Å². The van der Waals surface area contributed by atoms with E-state index in [1.54, 1.807) is 6.92 Å². The highest BCUT2D eigenvalue weighted by Crippen LogP contribution is 2.45. The lowest BCUT2D eigenvalue weighted by atomic mass is 10.2. The van der Waals surface area contributed by atoms with Gasteiger partial charge < -0.3 is 9.15 Å². The Balaban J connectivity index is 2.45. The summed E-state index contributed by atoms with van der Waals surface area (Å²) in [5.74, 6) is 3.36. The van der Waals surface area contributed by atoms with Crippen LogP contribution in [0, 0.1) is 13.8 Å². The molecule has 0 bridgehead atoms. The number of thioether (sulfide) groups is 2. The first-order valence-corrected chi connectivity index (χ1v) is 7.66. The Morgan fingerprint density at radius 1 is 1.24 bits per heavy atom. The zero-order valence-electron chi connectivity index (χ0n) is 10.2. The molecule has 1 fully saturated rings. The van der Waals surface area contributed by atoms with Gasteiger partial charge in [0.1, 0.15) is 10.3 Å². The third-order valence-corrected chi connectivity index (χ3v) is 5.69. The third kappa shape index (κ3) is 2.50. The van der Waals surface area contributed by atoms with Gasteiger partial charge in [0, 0.05) is 5.56 Å². The number of methoxy groups -OCH3 is 1. The Morgan fingerprint density at radius 2 is 1.88 bits per heavy atom. The van der Waals surface area contributed by atoms with Crippen molar-refractivity contribution in [1.29, 1.82) is 0 Å². The van der Waals surface area contributed by atoms with Gasteiger partial charge in [-0.2, -0.15) is 0 Å². The molecule has 0 amide bonds. The van der Waals surface area contributed by atoms with E-state index in [2.05, 4.69) is 0 Å². The molecule has 0 N–H and O–H groups in total. The maximum Gasteiger partial charge on any atom is 0.291 e. The van der Waals surface area contributed by atoms with Gasteiger partial charge >= 0.3 is 0 Å². The molecule has 5 heteroatoms. The Morgan fingerprint density at radius 3 is 2.47 bits per heavy atom. The van der Waals surface area contributed by atoms with Gasteiger partial charge in [0.25, 0.3) is 5.95 Å². The molecule has 0 spiro atoms. The third-order valence-electron chi connectivity index (χ3n) is 2.79. The second-order valence-corrected chi connectivity index (χ2v) is 6.69. The average molecular weight is 272 g/mol. The molecule has 0 aromatic carbocycles. The van der Waals surface area contributed by atoms with E-state index in [0.717, 1.165) is 22.8 Å². The van der Waals surface area contributed by atoms with E-state index >= 15 is 0 Å². The van der Waals surface area contributed by atoms with Crippen LogP contribution in [0.3, 0.4) is 0 Å². The van der Waals surface area contributed by atoms with Crippen LogP contribution >= 0.6 is 23.5 Å². The Hall–Kier alpha value is -0.550. The molecule has 17 heavy (non-hydrogen) atoms. The summed E-state index contributed by atoms with van der Waals surface area (Å²) >= 11 is 3.68. The predicted molar refractivity (Wildman–Crippen MR) is 73.3 cm³/mol. The molecule has 2 rings (SSSR count). The average Bonchev–Trinajstić information content (AvgIpc) is 2.37. The van der Waals surface area contributed by atoms with Crippen LogP contribution in [0.5, 0.6) is 5.95 Å². The van der Waals surface area contributed by atoms with E-state index in [0.29, 0.717) is 11.5 Å². The first-order chi connectivity index (χ1) is 8.15. The van der Waals surface area contributed by atoms with Gasteiger partial charge in [-0.1, -0.05) is 0 Å². The van der Waals surface area contributed by atoms with Crippen molar-refractivity contribution < 1.29 is 9.15 Å². The molecule has 1 saturated heterocycles. The van der Waals surface area contributed by atoms with Gasteiger partial charge in [0.05, 0.1) is 12.7 Å². The largest absolute Gasteiger partial charge is 0.468 e. The van der Waals surface area contributed by atoms with Crippen LogP contribution in [0.1, 0.15) is 27.9 Å². The molecule has 1 aromatic heterocycles. The lowest BCUT2D eigenvalue weighted by Gasteiger charge is -2.21. The van der Waals surface area contributed by atoms with Crippen molar-refractivity contribution in [3.63, 3.8) is 0 Å². The van der Waals surface area contributed by atoms with Crippen LogP contribution in [0.2, 0.25) is 0 Å². The SMILES string of the molecule is COc1oc(C2SCCCS2)c(C)c(=O)c1C. The molecule has 2 heterocycles. The molecular formula is C12H16O3S2. The number of hydrogen-bond acceptors (Lipinski definition) is 5. The van der Waals surface area contributed by atoms with E-state index in [4.69, 9.17) is 9.15 Å². The van der Waals surface area contributed by atoms with Crippen LogP contribution in [-0.2, 0) is 0 Å². The first-order valence-electron chi connectivity index (χ1n) is 5.56. The summed E-state index contributed by atoms with van der Waals surface area (Å²) in [6.07, 6.45) is 1.22. The van der Waals surface area contributed by atoms with Crippen molar-refractivity contribution in [2.24, 2.45) is 0 Å². The maximum absolute atomic E-state index is 12.1. The minimum Gasteiger partial charge on any atom is -0.468 e. The summed E-state index contributed by atoms with van der Waals surface area (Å²) in [6, 6.07) is 0. The second kappa shape index (κ2) is 5.40. The lowest BCUT2D eigenvalue weighted by molar-refractivity contribution is 0.282. The van der Waals surface area contributed by atoms with Gasteiger partial charge in [-0.25, -0.2) is 0 Å². The van der Waals surface area contributed by atoms with E-state index in [1.807, 2.05) is 30.4 Å². The van der Waals surface area contributed by atoms with Crippen LogP contribution < -0.4 is 10.2 Å². The highest BCUT2D eigenvalue weighted by Gasteiger charge is 2.24. The Labute approximate surface area is 109 Å². The minimum absolute atomic E-state index is 0.0369. The van der Waals surface area contributed by atoms with Gasteiger partial charge in [-0.3, -0.25) is 4.79 Å². The molecule has 0 aliphatic carbocycles. The normalized spacial score (nSPS) is 17.1. The molecule has 3 nitrogen and oxygen atoms in total. The maximum atomic E-state index is 12.1. The Kier molecular flexibility index (Phi) is 4.09. The summed E-state index contributed by atoms with van der Waals surface area (Å²) in [4.78, 5) is 12.1. The van der Waals surface area contributed by atoms with Gasteiger partial charge in [0.2, 0.25) is 0 Å². The molecule has 0 radical (unpaired) electrons. The van der Waals surface area contributed by atoms with Crippen molar-refractivity contribution >= 4 is 23.5 Å². The van der Waals surface area contributed by atoms with Gasteiger partial charge in [0.15, 0.2) is 5.43 Å². The summed E-state index contributed by atoms with van der Waals surface area (Å²) in [6.45, 7) is 3.58. The van der Waals surface area contributed by atoms with E-state index in [-0.39, 0.29) is 10.0 Å². The molecule has 1 aliphatic rings. The van der Waals surface area contributed by atoms with Gasteiger partial charge in [-0.15, -0.1) is 23.5 Å². The van der Waals surface area contributed by atoms with Gasteiger partial charge in [-0.05, 0) is 31.8 Å². The standard InChI is InChI=1S/C12H16O3S2/c1-7-9(13)8(2)11(14-3)15-10(7)12-16-5-4-6-17-12/h12H,4-6H2,1-3H3. The fraction of sp³-hybridized carbons (Fsp3) is 0.583. The molecule has 94 valence electrons. The molecule has 1 aliphatic heterocycles. The van der Waals surface area contributed by atoms with Crippen molar-refractivity contribution in [2.75, 3.05) is 18.6 Å². The molecule has 0 saturated carbocycles. The second-order valence-electron chi connectivity index (χ2n) is 3.96. The van der Waals surface area contributed by atoms with Crippen molar-refractivity contribution in [2.45, 2.75) is 24.9 Å². The summed E-state index contributed by atoms with van der Waals surface area (Å²) in [5.41, 5.74) is 1.31. The Bertz CT molecular complexity index is 462. The molecule has 0 unspecified atom stereocenters. The van der Waals surface area contributed by atoms with Crippen molar-refractivity contribution in [3.8, 4) is 5.95 Å².